The number of benzene rings is 2. The Morgan fingerprint density at radius 3 is 2.52 bits per heavy atom. The number of aliphatic hydroxyl groups excluding tert-OH is 1. The summed E-state index contributed by atoms with van der Waals surface area (Å²) in [5.74, 6) is -0.320. The van der Waals surface area contributed by atoms with Gasteiger partial charge >= 0.3 is 6.03 Å². The summed E-state index contributed by atoms with van der Waals surface area (Å²) in [6.07, 6.45) is 0.930. The predicted molar refractivity (Wildman–Crippen MR) is 96.1 cm³/mol. The molecule has 2 N–H and O–H groups in total. The van der Waals surface area contributed by atoms with Crippen LogP contribution in [0.25, 0.3) is 0 Å². The lowest BCUT2D eigenvalue weighted by Gasteiger charge is -2.34. The highest BCUT2D eigenvalue weighted by atomic mass is 35.5. The Labute approximate surface area is 151 Å². The van der Waals surface area contributed by atoms with Crippen LogP contribution in [-0.4, -0.2) is 29.1 Å². The van der Waals surface area contributed by atoms with E-state index in [2.05, 4.69) is 5.32 Å². The number of rotatable bonds is 3. The summed E-state index contributed by atoms with van der Waals surface area (Å²) in [5, 5.41) is 13.4. The van der Waals surface area contributed by atoms with E-state index < -0.39 is 11.9 Å². The van der Waals surface area contributed by atoms with Gasteiger partial charge in [-0.3, -0.25) is 0 Å². The highest BCUT2D eigenvalue weighted by Crippen LogP contribution is 2.31. The number of carbonyl (C=O) groups excluding carboxylic acids is 1. The van der Waals surface area contributed by atoms with Gasteiger partial charge in [-0.1, -0.05) is 41.9 Å². The van der Waals surface area contributed by atoms with Crippen molar-refractivity contribution in [1.82, 2.24) is 4.90 Å². The number of amides is 2. The van der Waals surface area contributed by atoms with E-state index in [4.69, 9.17) is 11.6 Å². The van der Waals surface area contributed by atoms with Crippen molar-refractivity contribution in [3.63, 3.8) is 0 Å². The first-order chi connectivity index (χ1) is 12.0. The van der Waals surface area contributed by atoms with Gasteiger partial charge in [0.25, 0.3) is 0 Å². The molecule has 132 valence electrons. The molecule has 2 aromatic carbocycles. The molecule has 4 nitrogen and oxygen atoms in total. The van der Waals surface area contributed by atoms with Crippen LogP contribution in [0.15, 0.2) is 48.5 Å². The minimum absolute atomic E-state index is 0.126. The maximum atomic E-state index is 13.1. The molecule has 3 rings (SSSR count). The summed E-state index contributed by atoms with van der Waals surface area (Å²) in [6.45, 7) is 1.11. The third kappa shape index (κ3) is 4.30. The molecule has 1 heterocycles. The maximum Gasteiger partial charge on any atom is 0.321 e. The minimum atomic E-state index is -0.516. The first-order valence-electron chi connectivity index (χ1n) is 8.28. The van der Waals surface area contributed by atoms with Gasteiger partial charge in [0.2, 0.25) is 0 Å². The molecule has 1 fully saturated rings. The van der Waals surface area contributed by atoms with E-state index in [9.17, 15) is 14.3 Å². The molecule has 2 aromatic rings. The van der Waals surface area contributed by atoms with Crippen LogP contribution < -0.4 is 5.32 Å². The molecule has 1 unspecified atom stereocenters. The second-order valence-corrected chi connectivity index (χ2v) is 6.64. The number of hydrogen-bond acceptors (Lipinski definition) is 2. The molecule has 6 heteroatoms. The Hall–Kier alpha value is -2.11. The van der Waals surface area contributed by atoms with E-state index in [1.54, 1.807) is 4.90 Å². The van der Waals surface area contributed by atoms with Crippen molar-refractivity contribution in [3.8, 4) is 0 Å². The van der Waals surface area contributed by atoms with Crippen LogP contribution in [0.5, 0.6) is 0 Å². The van der Waals surface area contributed by atoms with Crippen molar-refractivity contribution >= 4 is 23.3 Å². The number of nitrogens with zero attached hydrogens (tertiary/aromatic N) is 1. The number of piperidine rings is 1. The van der Waals surface area contributed by atoms with Crippen molar-refractivity contribution in [2.24, 2.45) is 5.92 Å². The fourth-order valence-electron chi connectivity index (χ4n) is 3.13. The zero-order chi connectivity index (χ0) is 17.8. The molecular weight excluding hydrogens is 343 g/mol. The summed E-state index contributed by atoms with van der Waals surface area (Å²) in [6, 6.07) is 13.2. The quantitative estimate of drug-likeness (QED) is 0.847. The lowest BCUT2D eigenvalue weighted by atomic mass is 9.87. The van der Waals surface area contributed by atoms with Gasteiger partial charge in [-0.25, -0.2) is 9.18 Å². The molecule has 1 aliphatic rings. The fraction of sp³-hybridized carbons (Fsp3) is 0.316. The number of anilines is 1. The minimum Gasteiger partial charge on any atom is -0.388 e. The van der Waals surface area contributed by atoms with Gasteiger partial charge < -0.3 is 15.3 Å². The molecule has 2 amide bonds. The maximum absolute atomic E-state index is 13.1. The normalized spacial score (nSPS) is 16.5. The molecule has 0 bridgehead atoms. The number of carbonyl (C=O) groups is 1. The molecule has 1 saturated heterocycles. The molecule has 0 aliphatic carbocycles. The number of nitrogens with one attached hydrogen (secondary N) is 1. The lowest BCUT2D eigenvalue weighted by Crippen LogP contribution is -2.42. The van der Waals surface area contributed by atoms with Crippen LogP contribution in [0.4, 0.5) is 14.9 Å². The van der Waals surface area contributed by atoms with Crippen molar-refractivity contribution in [3.05, 3.63) is 64.9 Å². The monoisotopic (exact) mass is 362 g/mol. The highest BCUT2D eigenvalue weighted by molar-refractivity contribution is 6.33. The number of urea groups is 1. The van der Waals surface area contributed by atoms with Gasteiger partial charge in [0.05, 0.1) is 16.8 Å². The van der Waals surface area contributed by atoms with Crippen LogP contribution in [0, 0.1) is 11.7 Å². The number of likely N-dealkylation sites (tertiary alicyclic amines) is 1. The summed E-state index contributed by atoms with van der Waals surface area (Å²) < 4.78 is 13.1. The Bertz CT molecular complexity index is 733. The summed E-state index contributed by atoms with van der Waals surface area (Å²) in [7, 11) is 0. The van der Waals surface area contributed by atoms with E-state index >= 15 is 0 Å². The van der Waals surface area contributed by atoms with Crippen LogP contribution in [-0.2, 0) is 0 Å². The Balaban J connectivity index is 1.55. The smallest absolute Gasteiger partial charge is 0.321 e. The third-order valence-electron chi connectivity index (χ3n) is 4.59. The molecule has 0 radical (unpaired) electrons. The first-order valence-corrected chi connectivity index (χ1v) is 8.66. The van der Waals surface area contributed by atoms with Gasteiger partial charge in [0.15, 0.2) is 0 Å². The number of hydrogen-bond donors (Lipinski definition) is 2. The number of aliphatic hydroxyl groups is 1. The highest BCUT2D eigenvalue weighted by Gasteiger charge is 2.28. The van der Waals surface area contributed by atoms with Gasteiger partial charge in [0.1, 0.15) is 5.82 Å². The summed E-state index contributed by atoms with van der Waals surface area (Å²) >= 11 is 5.94. The molecule has 0 spiro atoms. The fourth-order valence-corrected chi connectivity index (χ4v) is 3.34. The van der Waals surface area contributed by atoms with Gasteiger partial charge in [-0.05, 0) is 42.5 Å². The van der Waals surface area contributed by atoms with E-state index in [0.29, 0.717) is 18.8 Å². The van der Waals surface area contributed by atoms with Gasteiger partial charge in [0, 0.05) is 13.1 Å². The van der Waals surface area contributed by atoms with Crippen molar-refractivity contribution < 1.29 is 14.3 Å². The Morgan fingerprint density at radius 2 is 1.88 bits per heavy atom. The van der Waals surface area contributed by atoms with E-state index in [1.807, 2.05) is 30.3 Å². The van der Waals surface area contributed by atoms with E-state index in [1.165, 1.54) is 18.2 Å². The lowest BCUT2D eigenvalue weighted by molar-refractivity contribution is 0.0683. The summed E-state index contributed by atoms with van der Waals surface area (Å²) in [5.41, 5.74) is 1.29. The van der Waals surface area contributed by atoms with Crippen LogP contribution >= 0.6 is 11.6 Å². The summed E-state index contributed by atoms with van der Waals surface area (Å²) in [4.78, 5) is 14.0. The molecule has 0 aromatic heterocycles. The molecule has 1 aliphatic heterocycles. The molecule has 25 heavy (non-hydrogen) atoms. The van der Waals surface area contributed by atoms with Gasteiger partial charge in [-0.2, -0.15) is 0 Å². The van der Waals surface area contributed by atoms with Crippen molar-refractivity contribution in [2.75, 3.05) is 18.4 Å². The second-order valence-electron chi connectivity index (χ2n) is 6.23. The van der Waals surface area contributed by atoms with Crippen LogP contribution in [0.2, 0.25) is 5.02 Å². The molecular formula is C19H20ClFN2O2. The molecule has 0 saturated carbocycles. The van der Waals surface area contributed by atoms with Crippen molar-refractivity contribution in [2.45, 2.75) is 18.9 Å². The average molecular weight is 363 g/mol. The van der Waals surface area contributed by atoms with E-state index in [0.717, 1.165) is 18.4 Å². The average Bonchev–Trinajstić information content (AvgIpc) is 2.64. The zero-order valence-electron chi connectivity index (χ0n) is 13.7. The molecule has 1 atom stereocenters. The van der Waals surface area contributed by atoms with Gasteiger partial charge in [-0.15, -0.1) is 0 Å². The Kier molecular flexibility index (Phi) is 5.56. The Morgan fingerprint density at radius 1 is 1.20 bits per heavy atom. The first kappa shape index (κ1) is 17.7. The van der Waals surface area contributed by atoms with E-state index in [-0.39, 0.29) is 17.0 Å². The topological polar surface area (TPSA) is 52.6 Å². The SMILES string of the molecule is O=C(Nc1ccc(F)cc1Cl)N1CCC(C(O)c2ccccc2)CC1. The second kappa shape index (κ2) is 7.85. The van der Waals surface area contributed by atoms with Crippen molar-refractivity contribution in [1.29, 1.82) is 0 Å². The van der Waals surface area contributed by atoms with Crippen LogP contribution in [0.1, 0.15) is 24.5 Å². The largest absolute Gasteiger partial charge is 0.388 e. The standard InChI is InChI=1S/C19H20ClFN2O2/c20-16-12-15(21)6-7-17(16)22-19(25)23-10-8-14(9-11-23)18(24)13-4-2-1-3-5-13/h1-7,12,14,18,24H,8-11H2,(H,22,25). The van der Waals surface area contributed by atoms with Crippen LogP contribution in [0.3, 0.4) is 0 Å². The predicted octanol–water partition coefficient (Wildman–Crippen LogP) is 4.46. The zero-order valence-corrected chi connectivity index (χ0v) is 14.4. The third-order valence-corrected chi connectivity index (χ3v) is 4.90. The number of halogens is 2.